The number of nitrogens with zero attached hydrogens (tertiary/aromatic N) is 1. The van der Waals surface area contributed by atoms with E-state index >= 15 is 0 Å². The molecule has 1 rings (SSSR count). The fraction of sp³-hybridized carbons (Fsp3) is 0.682. The average Bonchev–Trinajstić information content (AvgIpc) is 3.32. The summed E-state index contributed by atoms with van der Waals surface area (Å²) >= 11 is 0. The normalized spacial score (nSPS) is 16.3. The van der Waals surface area contributed by atoms with E-state index in [1.165, 1.54) is 19.4 Å². The zero-order valence-corrected chi connectivity index (χ0v) is 20.5. The van der Waals surface area contributed by atoms with Crippen LogP contribution in [0, 0.1) is 5.92 Å². The first kappa shape index (κ1) is 30.0. The Hall–Kier alpha value is -3.03. The number of nitrogens with two attached hydrogens (primary N) is 2. The first-order valence-corrected chi connectivity index (χ1v) is 11.8. The van der Waals surface area contributed by atoms with Crippen molar-refractivity contribution in [1.82, 2.24) is 25.9 Å². The van der Waals surface area contributed by atoms with E-state index in [1.54, 1.807) is 6.92 Å². The second-order valence-electron chi connectivity index (χ2n) is 8.66. The third-order valence-electron chi connectivity index (χ3n) is 5.80. The molecule has 1 aromatic heterocycles. The molecule has 0 spiro atoms. The quantitative estimate of drug-likeness (QED) is 0.123. The van der Waals surface area contributed by atoms with Gasteiger partial charge in [0.1, 0.15) is 18.1 Å². The molecule has 1 heterocycles. The number of aliphatic hydroxyl groups excluding tert-OH is 1. The van der Waals surface area contributed by atoms with Crippen LogP contribution in [0.1, 0.15) is 52.1 Å². The summed E-state index contributed by atoms with van der Waals surface area (Å²) in [5.74, 6) is -3.51. The molecule has 0 saturated heterocycles. The number of aliphatic hydroxyl groups is 1. The third kappa shape index (κ3) is 10.0. The van der Waals surface area contributed by atoms with Gasteiger partial charge >= 0.3 is 5.97 Å². The number of imidazole rings is 1. The number of unbranched alkanes of at least 4 members (excludes halogenated alkanes) is 1. The molecule has 6 atom stereocenters. The maximum atomic E-state index is 13.0. The molecule has 0 radical (unpaired) electrons. The summed E-state index contributed by atoms with van der Waals surface area (Å²) in [6.45, 7) is 5.37. The van der Waals surface area contributed by atoms with Gasteiger partial charge in [0.2, 0.25) is 17.7 Å². The van der Waals surface area contributed by atoms with Crippen molar-refractivity contribution in [3.05, 3.63) is 18.2 Å². The zero-order chi connectivity index (χ0) is 26.5. The van der Waals surface area contributed by atoms with E-state index in [-0.39, 0.29) is 18.8 Å². The summed E-state index contributed by atoms with van der Waals surface area (Å²) in [4.78, 5) is 56.7. The summed E-state index contributed by atoms with van der Waals surface area (Å²) in [6, 6.07) is -4.61. The van der Waals surface area contributed by atoms with Gasteiger partial charge in [0, 0.05) is 18.3 Å². The van der Waals surface area contributed by atoms with Crippen molar-refractivity contribution >= 4 is 23.7 Å². The molecule has 0 bridgehead atoms. The van der Waals surface area contributed by atoms with E-state index in [4.69, 9.17) is 11.5 Å². The van der Waals surface area contributed by atoms with Crippen LogP contribution in [0.2, 0.25) is 0 Å². The predicted octanol–water partition coefficient (Wildman–Crippen LogP) is -1.63. The fourth-order valence-electron chi connectivity index (χ4n) is 3.28. The molecule has 0 aromatic carbocycles. The smallest absolute Gasteiger partial charge is 0.326 e. The summed E-state index contributed by atoms with van der Waals surface area (Å²) in [5.41, 5.74) is 12.0. The number of carboxylic acid groups (broad SMARTS) is 1. The Morgan fingerprint density at radius 1 is 1.06 bits per heavy atom. The van der Waals surface area contributed by atoms with E-state index in [0.717, 1.165) is 0 Å². The molecule has 0 aliphatic heterocycles. The molecule has 13 heteroatoms. The maximum absolute atomic E-state index is 13.0. The highest BCUT2D eigenvalue weighted by Crippen LogP contribution is 2.08. The van der Waals surface area contributed by atoms with Gasteiger partial charge in [0.05, 0.1) is 18.5 Å². The Morgan fingerprint density at radius 2 is 1.71 bits per heavy atom. The van der Waals surface area contributed by atoms with E-state index in [1.807, 2.05) is 6.92 Å². The Balaban J connectivity index is 2.96. The number of nitrogens with one attached hydrogen (secondary N) is 4. The monoisotopic (exact) mass is 497 g/mol. The number of carboxylic acids is 1. The molecule has 0 fully saturated rings. The van der Waals surface area contributed by atoms with Crippen molar-refractivity contribution in [2.45, 2.75) is 83.1 Å². The van der Waals surface area contributed by atoms with Crippen LogP contribution in [0.25, 0.3) is 0 Å². The number of aromatic nitrogens is 2. The molecule has 13 nitrogen and oxygen atoms in total. The van der Waals surface area contributed by atoms with Gasteiger partial charge in [-0.2, -0.15) is 0 Å². The molecule has 35 heavy (non-hydrogen) atoms. The average molecular weight is 498 g/mol. The van der Waals surface area contributed by atoms with Gasteiger partial charge in [-0.15, -0.1) is 0 Å². The predicted molar refractivity (Wildman–Crippen MR) is 128 cm³/mol. The summed E-state index contributed by atoms with van der Waals surface area (Å²) in [5, 5.41) is 27.1. The first-order chi connectivity index (χ1) is 16.5. The van der Waals surface area contributed by atoms with Gasteiger partial charge in [0.25, 0.3) is 0 Å². The lowest BCUT2D eigenvalue weighted by atomic mass is 9.98. The SMILES string of the molecule is CCC(C)C(N)C(=O)NC(C(=O)NC(CCCCN)C(=O)NC(Cc1cnc[nH]1)C(=O)O)C(C)O. The van der Waals surface area contributed by atoms with E-state index in [9.17, 15) is 29.4 Å². The highest BCUT2D eigenvalue weighted by Gasteiger charge is 2.33. The van der Waals surface area contributed by atoms with Gasteiger partial charge in [-0.3, -0.25) is 14.4 Å². The molecular formula is C22H39N7O6. The summed E-state index contributed by atoms with van der Waals surface area (Å²) < 4.78 is 0. The Bertz CT molecular complexity index is 817. The molecule has 6 unspecified atom stereocenters. The lowest BCUT2D eigenvalue weighted by Crippen LogP contribution is -2.60. The molecule has 198 valence electrons. The van der Waals surface area contributed by atoms with E-state index in [0.29, 0.717) is 31.5 Å². The largest absolute Gasteiger partial charge is 0.480 e. The van der Waals surface area contributed by atoms with Crippen molar-refractivity contribution < 1.29 is 29.4 Å². The standard InChI is InChI=1S/C22H39N7O6/c1-4-12(2)17(24)20(32)29-18(13(3)30)21(33)27-15(7-5-6-8-23)19(31)28-16(22(34)35)9-14-10-25-11-26-14/h10-13,15-18,30H,4-9,23-24H2,1-3H3,(H,25,26)(H,27,33)(H,28,31)(H,29,32)(H,34,35). The van der Waals surface area contributed by atoms with Crippen LogP contribution in [0.5, 0.6) is 0 Å². The second-order valence-corrected chi connectivity index (χ2v) is 8.66. The maximum Gasteiger partial charge on any atom is 0.326 e. The molecule has 10 N–H and O–H groups in total. The van der Waals surface area contributed by atoms with Crippen LogP contribution < -0.4 is 27.4 Å². The molecule has 0 saturated carbocycles. The summed E-state index contributed by atoms with van der Waals surface area (Å²) in [7, 11) is 0. The van der Waals surface area contributed by atoms with Crippen LogP contribution in [0.3, 0.4) is 0 Å². The number of aromatic amines is 1. The van der Waals surface area contributed by atoms with Crippen molar-refractivity contribution in [1.29, 1.82) is 0 Å². The van der Waals surface area contributed by atoms with Crippen LogP contribution >= 0.6 is 0 Å². The lowest BCUT2D eigenvalue weighted by Gasteiger charge is -2.27. The van der Waals surface area contributed by atoms with Crippen LogP contribution in [0.4, 0.5) is 0 Å². The van der Waals surface area contributed by atoms with Crippen LogP contribution in [-0.4, -0.2) is 80.7 Å². The first-order valence-electron chi connectivity index (χ1n) is 11.8. The summed E-state index contributed by atoms with van der Waals surface area (Å²) in [6.07, 6.45) is 3.42. The van der Waals surface area contributed by atoms with Gasteiger partial charge in [-0.05, 0) is 38.6 Å². The Morgan fingerprint density at radius 3 is 2.23 bits per heavy atom. The molecular weight excluding hydrogens is 458 g/mol. The minimum Gasteiger partial charge on any atom is -0.480 e. The second kappa shape index (κ2) is 15.1. The van der Waals surface area contributed by atoms with Gasteiger partial charge in [-0.1, -0.05) is 20.3 Å². The van der Waals surface area contributed by atoms with Crippen LogP contribution in [-0.2, 0) is 25.6 Å². The van der Waals surface area contributed by atoms with Crippen molar-refractivity contribution in [3.63, 3.8) is 0 Å². The number of H-pyrrole nitrogens is 1. The van der Waals surface area contributed by atoms with Crippen molar-refractivity contribution in [2.75, 3.05) is 6.54 Å². The number of rotatable bonds is 16. The topological polar surface area (TPSA) is 226 Å². The number of hydrogen-bond acceptors (Lipinski definition) is 8. The Kier molecular flexibility index (Phi) is 12.9. The zero-order valence-electron chi connectivity index (χ0n) is 20.5. The minimum atomic E-state index is -1.36. The lowest BCUT2D eigenvalue weighted by molar-refractivity contribution is -0.142. The third-order valence-corrected chi connectivity index (χ3v) is 5.80. The molecule has 0 aliphatic rings. The Labute approximate surface area is 204 Å². The number of hydrogen-bond donors (Lipinski definition) is 8. The highest BCUT2D eigenvalue weighted by atomic mass is 16.4. The highest BCUT2D eigenvalue weighted by molar-refractivity contribution is 5.94. The van der Waals surface area contributed by atoms with E-state index < -0.39 is 54.0 Å². The van der Waals surface area contributed by atoms with Crippen molar-refractivity contribution in [3.8, 4) is 0 Å². The number of aliphatic carboxylic acids is 1. The number of carbonyl (C=O) groups is 4. The van der Waals surface area contributed by atoms with Crippen LogP contribution in [0.15, 0.2) is 12.5 Å². The van der Waals surface area contributed by atoms with Crippen molar-refractivity contribution in [2.24, 2.45) is 17.4 Å². The number of amides is 3. The molecule has 3 amide bonds. The van der Waals surface area contributed by atoms with Gasteiger partial charge < -0.3 is 42.6 Å². The molecule has 1 aromatic rings. The molecule has 0 aliphatic carbocycles. The van der Waals surface area contributed by atoms with Gasteiger partial charge in [-0.25, -0.2) is 9.78 Å². The van der Waals surface area contributed by atoms with E-state index in [2.05, 4.69) is 25.9 Å². The fourth-order valence-corrected chi connectivity index (χ4v) is 3.28. The number of carbonyl (C=O) groups excluding carboxylic acids is 3. The minimum absolute atomic E-state index is 0.0373. The van der Waals surface area contributed by atoms with Gasteiger partial charge in [0.15, 0.2) is 0 Å².